The molecule has 3 atom stereocenters. The summed E-state index contributed by atoms with van der Waals surface area (Å²) >= 11 is 0. The van der Waals surface area contributed by atoms with Crippen molar-refractivity contribution in [2.75, 3.05) is 7.11 Å². The first-order valence-electron chi connectivity index (χ1n) is 6.95. The molecule has 5 nitrogen and oxygen atoms in total. The monoisotopic (exact) mass is 271 g/mol. The number of hydrogen-bond donors (Lipinski definition) is 0. The molecule has 0 aromatic carbocycles. The molecular weight excluding hydrogens is 246 g/mol. The van der Waals surface area contributed by atoms with Gasteiger partial charge in [0.05, 0.1) is 13.5 Å². The van der Waals surface area contributed by atoms with Crippen LogP contribution in [-0.2, 0) is 9.53 Å². The van der Waals surface area contributed by atoms with Gasteiger partial charge >= 0.3 is 5.97 Å². The van der Waals surface area contributed by atoms with Gasteiger partial charge in [-0.15, -0.1) is 0 Å². The van der Waals surface area contributed by atoms with Crippen molar-refractivity contribution in [2.45, 2.75) is 58.9 Å². The first kappa shape index (κ1) is 15.9. The van der Waals surface area contributed by atoms with Gasteiger partial charge in [0.15, 0.2) is 0 Å². The number of carbonyl (C=O) groups excluding carboxylic acids is 1. The fourth-order valence-corrected chi connectivity index (χ4v) is 3.59. The number of nitro groups is 1. The van der Waals surface area contributed by atoms with Gasteiger partial charge in [0.2, 0.25) is 6.04 Å². The summed E-state index contributed by atoms with van der Waals surface area (Å²) in [6, 6.07) is -0.624. The summed E-state index contributed by atoms with van der Waals surface area (Å²) in [5.41, 5.74) is 0.155. The quantitative estimate of drug-likeness (QED) is 0.438. The van der Waals surface area contributed by atoms with Crippen LogP contribution in [0, 0.1) is 27.4 Å². The van der Waals surface area contributed by atoms with Crippen molar-refractivity contribution in [2.24, 2.45) is 17.3 Å². The molecule has 1 aliphatic carbocycles. The summed E-state index contributed by atoms with van der Waals surface area (Å²) in [7, 11) is 1.31. The third kappa shape index (κ3) is 4.80. The molecule has 0 heterocycles. The van der Waals surface area contributed by atoms with Crippen LogP contribution in [0.15, 0.2) is 0 Å². The topological polar surface area (TPSA) is 69.4 Å². The van der Waals surface area contributed by atoms with E-state index in [4.69, 9.17) is 0 Å². The van der Waals surface area contributed by atoms with E-state index in [-0.39, 0.29) is 35.1 Å². The zero-order chi connectivity index (χ0) is 14.6. The van der Waals surface area contributed by atoms with E-state index in [2.05, 4.69) is 25.5 Å². The third-order valence-electron chi connectivity index (χ3n) is 4.11. The number of carbonyl (C=O) groups is 1. The van der Waals surface area contributed by atoms with Gasteiger partial charge in [0.25, 0.3) is 0 Å². The second-order valence-electron chi connectivity index (χ2n) is 6.64. The van der Waals surface area contributed by atoms with E-state index in [0.717, 1.165) is 19.3 Å². The Kier molecular flexibility index (Phi) is 5.32. The smallest absolute Gasteiger partial charge is 0.305 e. The summed E-state index contributed by atoms with van der Waals surface area (Å²) in [5, 5.41) is 11.3. The van der Waals surface area contributed by atoms with E-state index in [1.165, 1.54) is 7.11 Å². The summed E-state index contributed by atoms with van der Waals surface area (Å²) in [6.45, 7) is 6.51. The maximum atomic E-state index is 11.3. The third-order valence-corrected chi connectivity index (χ3v) is 4.11. The normalized spacial score (nSPS) is 27.6. The predicted molar refractivity (Wildman–Crippen MR) is 72.3 cm³/mol. The van der Waals surface area contributed by atoms with Crippen molar-refractivity contribution in [1.82, 2.24) is 0 Å². The molecule has 0 aromatic rings. The molecule has 1 saturated carbocycles. The minimum Gasteiger partial charge on any atom is -0.469 e. The van der Waals surface area contributed by atoms with Crippen LogP contribution in [0.25, 0.3) is 0 Å². The minimum absolute atomic E-state index is 0.0680. The van der Waals surface area contributed by atoms with Gasteiger partial charge < -0.3 is 4.74 Å². The largest absolute Gasteiger partial charge is 0.469 e. The van der Waals surface area contributed by atoms with Crippen LogP contribution < -0.4 is 0 Å². The lowest BCUT2D eigenvalue weighted by molar-refractivity contribution is -0.535. The highest BCUT2D eigenvalue weighted by molar-refractivity contribution is 5.69. The second kappa shape index (κ2) is 6.35. The van der Waals surface area contributed by atoms with Crippen LogP contribution in [0.2, 0.25) is 0 Å². The zero-order valence-electron chi connectivity index (χ0n) is 12.3. The first-order chi connectivity index (χ1) is 8.75. The van der Waals surface area contributed by atoms with Gasteiger partial charge in [-0.25, -0.2) is 0 Å². The maximum absolute atomic E-state index is 11.3. The van der Waals surface area contributed by atoms with Gasteiger partial charge in [0.1, 0.15) is 0 Å². The lowest BCUT2D eigenvalue weighted by Gasteiger charge is -2.39. The van der Waals surface area contributed by atoms with Crippen molar-refractivity contribution < 1.29 is 14.5 Å². The molecule has 0 N–H and O–H groups in total. The van der Waals surface area contributed by atoms with Gasteiger partial charge in [0, 0.05) is 17.3 Å². The maximum Gasteiger partial charge on any atom is 0.305 e. The molecule has 1 aliphatic rings. The molecule has 1 fully saturated rings. The Morgan fingerprint density at radius 1 is 1.47 bits per heavy atom. The average molecular weight is 271 g/mol. The molecule has 0 radical (unpaired) electrons. The number of nitrogens with zero attached hydrogens (tertiary/aromatic N) is 1. The molecule has 110 valence electrons. The predicted octanol–water partition coefficient (Wildman–Crippen LogP) is 3.05. The van der Waals surface area contributed by atoms with E-state index in [1.807, 2.05) is 0 Å². The molecule has 0 aliphatic heterocycles. The molecule has 5 heteroatoms. The second-order valence-corrected chi connectivity index (χ2v) is 6.64. The molecule has 3 unspecified atom stereocenters. The Morgan fingerprint density at radius 2 is 2.11 bits per heavy atom. The molecule has 19 heavy (non-hydrogen) atoms. The van der Waals surface area contributed by atoms with E-state index < -0.39 is 6.04 Å². The molecule has 1 rings (SSSR count). The fraction of sp³-hybridized carbons (Fsp3) is 0.929. The first-order valence-corrected chi connectivity index (χ1v) is 6.95. The lowest BCUT2D eigenvalue weighted by Crippen LogP contribution is -2.38. The molecule has 0 spiro atoms. The highest BCUT2D eigenvalue weighted by Gasteiger charge is 2.40. The number of ether oxygens (including phenoxy) is 1. The van der Waals surface area contributed by atoms with Crippen LogP contribution >= 0.6 is 0 Å². The standard InChI is InChI=1S/C14H25NO4/c1-10-7-11(9-14(2,3)8-10)12(15(17)18)5-6-13(16)19-4/h10-12H,5-9H2,1-4H3. The summed E-state index contributed by atoms with van der Waals surface area (Å²) < 4.78 is 4.57. The Hall–Kier alpha value is -1.13. The zero-order valence-corrected chi connectivity index (χ0v) is 12.3. The highest BCUT2D eigenvalue weighted by Crippen LogP contribution is 2.43. The minimum atomic E-state index is -0.624. The van der Waals surface area contributed by atoms with Crippen LogP contribution in [0.5, 0.6) is 0 Å². The molecule has 0 bridgehead atoms. The van der Waals surface area contributed by atoms with Crippen molar-refractivity contribution in [1.29, 1.82) is 0 Å². The molecule has 0 saturated heterocycles. The molecule has 0 amide bonds. The van der Waals surface area contributed by atoms with Gasteiger partial charge in [-0.3, -0.25) is 14.9 Å². The number of esters is 1. The SMILES string of the molecule is COC(=O)CCC(C1CC(C)CC(C)(C)C1)[N+](=O)[O-]. The fourth-order valence-electron chi connectivity index (χ4n) is 3.59. The van der Waals surface area contributed by atoms with Crippen molar-refractivity contribution >= 4 is 5.97 Å². The molecular formula is C14H25NO4. The van der Waals surface area contributed by atoms with Gasteiger partial charge in [-0.2, -0.15) is 0 Å². The van der Waals surface area contributed by atoms with Crippen molar-refractivity contribution in [3.05, 3.63) is 10.1 Å². The van der Waals surface area contributed by atoms with Crippen molar-refractivity contribution in [3.8, 4) is 0 Å². The highest BCUT2D eigenvalue weighted by atomic mass is 16.6. The summed E-state index contributed by atoms with van der Waals surface area (Å²) in [6.07, 6.45) is 3.28. The van der Waals surface area contributed by atoms with E-state index in [1.54, 1.807) is 0 Å². The van der Waals surface area contributed by atoms with E-state index in [0.29, 0.717) is 5.92 Å². The summed E-state index contributed by atoms with van der Waals surface area (Å²) in [5.74, 6) is 0.211. The number of hydrogen-bond acceptors (Lipinski definition) is 4. The van der Waals surface area contributed by atoms with Crippen LogP contribution in [0.4, 0.5) is 0 Å². The number of rotatable bonds is 5. The lowest BCUT2D eigenvalue weighted by atomic mass is 9.66. The van der Waals surface area contributed by atoms with Gasteiger partial charge in [-0.1, -0.05) is 20.8 Å². The van der Waals surface area contributed by atoms with E-state index in [9.17, 15) is 14.9 Å². The van der Waals surface area contributed by atoms with Gasteiger partial charge in [-0.05, 0) is 30.6 Å². The average Bonchev–Trinajstić information content (AvgIpc) is 2.25. The summed E-state index contributed by atoms with van der Waals surface area (Å²) in [4.78, 5) is 22.2. The Morgan fingerprint density at radius 3 is 2.58 bits per heavy atom. The van der Waals surface area contributed by atoms with Crippen molar-refractivity contribution in [3.63, 3.8) is 0 Å². The van der Waals surface area contributed by atoms with Crippen LogP contribution in [0.3, 0.4) is 0 Å². The van der Waals surface area contributed by atoms with Crippen LogP contribution in [0.1, 0.15) is 52.9 Å². The van der Waals surface area contributed by atoms with Crippen LogP contribution in [-0.4, -0.2) is 24.0 Å². The number of methoxy groups -OCH3 is 1. The Bertz CT molecular complexity index is 340. The van der Waals surface area contributed by atoms with E-state index >= 15 is 0 Å². The Labute approximate surface area is 114 Å². The molecule has 0 aromatic heterocycles. The Balaban J connectivity index is 2.70.